The van der Waals surface area contributed by atoms with Gasteiger partial charge in [-0.25, -0.2) is 0 Å². The zero-order chi connectivity index (χ0) is 68.6. The second kappa shape index (κ2) is 34.6. The van der Waals surface area contributed by atoms with Crippen molar-refractivity contribution in [1.82, 2.24) is 20.4 Å². The number of quaternary nitrogens is 2. The number of carboxylic acids is 2. The molecule has 23 heteroatoms. The molecular weight excluding hydrogens is 1270 g/mol. The molecule has 0 bridgehead atoms. The zero-order valence-corrected chi connectivity index (χ0v) is 59.3. The Morgan fingerprint density at radius 3 is 1.05 bits per heavy atom. The third kappa shape index (κ3) is 24.3. The maximum absolute atomic E-state index is 13.8. The fraction of sp³-hybridized carbons (Fsp3) is 0.543. The number of aliphatic hydroxyl groups excluding tert-OH is 2. The van der Waals surface area contributed by atoms with Crippen LogP contribution in [0.25, 0.3) is 0 Å². The minimum absolute atomic E-state index is 0. The largest absolute Gasteiger partial charge is 0.870 e. The molecule has 93 heavy (non-hydrogen) atoms. The number of carbonyl (C=O) groups excluding carboxylic acids is 4. The van der Waals surface area contributed by atoms with Gasteiger partial charge in [-0.2, -0.15) is 0 Å². The van der Waals surface area contributed by atoms with E-state index in [9.17, 15) is 28.8 Å². The number of carboxylic acid groups (broad SMARTS) is 2. The van der Waals surface area contributed by atoms with E-state index in [0.29, 0.717) is 91.5 Å². The number of hydrogen-bond acceptors (Lipinski definition) is 11. The fourth-order valence-electron chi connectivity index (χ4n) is 11.8. The van der Waals surface area contributed by atoms with Crippen LogP contribution in [0.4, 0.5) is 0 Å². The van der Waals surface area contributed by atoms with E-state index in [1.807, 2.05) is 34.1 Å². The lowest BCUT2D eigenvalue weighted by Crippen LogP contribution is -2.50. The summed E-state index contributed by atoms with van der Waals surface area (Å²) in [5.41, 5.74) is 4.19. The summed E-state index contributed by atoms with van der Waals surface area (Å²) < 4.78 is 1.69. The monoisotopic (exact) mass is 1370 g/mol. The second-order valence-corrected chi connectivity index (χ2v) is 30.3. The van der Waals surface area contributed by atoms with Crippen LogP contribution in [0.2, 0.25) is 20.1 Å². The summed E-state index contributed by atoms with van der Waals surface area (Å²) in [7, 11) is 12.3. The zero-order valence-electron chi connectivity index (χ0n) is 56.3. The van der Waals surface area contributed by atoms with E-state index in [4.69, 9.17) is 76.8 Å². The third-order valence-corrected chi connectivity index (χ3v) is 18.2. The number of benzene rings is 4. The summed E-state index contributed by atoms with van der Waals surface area (Å²) >= 11 is 25.0. The van der Waals surface area contributed by atoms with Crippen molar-refractivity contribution < 1.29 is 63.6 Å². The molecule has 2 heterocycles. The lowest BCUT2D eigenvalue weighted by Gasteiger charge is -2.45. The fourth-order valence-corrected chi connectivity index (χ4v) is 12.8. The smallest absolute Gasteiger partial charge is 0.305 e. The highest BCUT2D eigenvalue weighted by atomic mass is 35.5. The van der Waals surface area contributed by atoms with Gasteiger partial charge in [0.15, 0.2) is 0 Å². The first-order valence-electron chi connectivity index (χ1n) is 31.7. The topological polar surface area (TPSA) is 269 Å². The maximum Gasteiger partial charge on any atom is 0.305 e. The predicted molar refractivity (Wildman–Crippen MR) is 369 cm³/mol. The van der Waals surface area contributed by atoms with Crippen molar-refractivity contribution in [3.05, 3.63) is 138 Å². The van der Waals surface area contributed by atoms with E-state index in [1.165, 1.54) is 0 Å². The highest BCUT2D eigenvalue weighted by molar-refractivity contribution is 6.48. The number of amides is 4. The maximum atomic E-state index is 13.8. The SMILES string of the molecule is CC(C)(C)C1CCC2(CC1)N=C(c1cc(Cl)cc(Cl)c1)C(=O)N2CCc1ccc(C(=O)NCCC(=O)O)cc1.CC(C)(C)C1CCC2(CC1)N=C(c1cc(Cl)cc(Cl)c1)C(=O)N2CCc1ccc(C(=O)NCCC(=O)O)cc1.C[N+](C)(C)CCO.C[N+](C)(C)CCO.[OH-]. The molecule has 2 fully saturated rings. The summed E-state index contributed by atoms with van der Waals surface area (Å²) in [6, 6.07) is 24.6. The highest BCUT2D eigenvalue weighted by Crippen LogP contribution is 2.48. The number of halogens is 4. The molecule has 4 amide bonds. The van der Waals surface area contributed by atoms with E-state index >= 15 is 0 Å². The van der Waals surface area contributed by atoms with Gasteiger partial charge in [-0.3, -0.25) is 38.8 Å². The minimum atomic E-state index is -0.961. The van der Waals surface area contributed by atoms with Crippen LogP contribution in [-0.4, -0.2) is 198 Å². The lowest BCUT2D eigenvalue weighted by atomic mass is 9.69. The molecule has 2 saturated carbocycles. The van der Waals surface area contributed by atoms with Crippen molar-refractivity contribution in [2.75, 3.05) is 94.8 Å². The van der Waals surface area contributed by atoms with Gasteiger partial charge in [-0.15, -0.1) is 0 Å². The molecule has 4 aromatic rings. The number of rotatable bonds is 20. The van der Waals surface area contributed by atoms with Crippen LogP contribution in [0.5, 0.6) is 0 Å². The molecule has 512 valence electrons. The Morgan fingerprint density at radius 2 is 0.817 bits per heavy atom. The van der Waals surface area contributed by atoms with Gasteiger partial charge in [0.2, 0.25) is 0 Å². The quantitative estimate of drug-likeness (QED) is 0.0453. The molecule has 0 atom stereocenters. The second-order valence-electron chi connectivity index (χ2n) is 28.6. The third-order valence-electron chi connectivity index (χ3n) is 17.3. The molecule has 2 aliphatic heterocycles. The molecule has 19 nitrogen and oxygen atoms in total. The Morgan fingerprint density at radius 1 is 0.527 bits per heavy atom. The van der Waals surface area contributed by atoms with Crippen LogP contribution in [0.3, 0.4) is 0 Å². The van der Waals surface area contributed by atoms with Crippen molar-refractivity contribution in [3.63, 3.8) is 0 Å². The predicted octanol–water partition coefficient (Wildman–Crippen LogP) is 11.2. The van der Waals surface area contributed by atoms with Crippen molar-refractivity contribution in [2.24, 2.45) is 32.7 Å². The average molecular weight is 1370 g/mol. The molecule has 8 rings (SSSR count). The van der Waals surface area contributed by atoms with E-state index in [1.54, 1.807) is 60.7 Å². The first-order chi connectivity index (χ1) is 42.9. The number of aliphatic imine (C=N–C) groups is 2. The summed E-state index contributed by atoms with van der Waals surface area (Å²) in [5.74, 6) is -1.65. The van der Waals surface area contributed by atoms with Crippen LogP contribution < -0.4 is 10.6 Å². The first kappa shape index (κ1) is 79.4. The van der Waals surface area contributed by atoms with Gasteiger partial charge in [0, 0.05) is 68.5 Å². The van der Waals surface area contributed by atoms with Gasteiger partial charge < -0.3 is 55.3 Å². The minimum Gasteiger partial charge on any atom is -0.870 e. The Hall–Kier alpha value is -6.00. The van der Waals surface area contributed by atoms with E-state index in [2.05, 4.69) is 94.5 Å². The van der Waals surface area contributed by atoms with E-state index < -0.39 is 23.3 Å². The van der Waals surface area contributed by atoms with Crippen LogP contribution in [0, 0.1) is 22.7 Å². The highest BCUT2D eigenvalue weighted by Gasteiger charge is 2.51. The van der Waals surface area contributed by atoms with E-state index in [-0.39, 0.29) is 79.1 Å². The molecular formula is C70H99Cl4N8O11+. The Bertz CT molecular complexity index is 2990. The van der Waals surface area contributed by atoms with Crippen molar-refractivity contribution in [2.45, 2.75) is 130 Å². The summed E-state index contributed by atoms with van der Waals surface area (Å²) in [4.78, 5) is 87.5. The number of likely N-dealkylation sites (N-methyl/N-ethyl adjacent to an activating group) is 2. The van der Waals surface area contributed by atoms with Crippen molar-refractivity contribution in [3.8, 4) is 0 Å². The molecule has 2 aliphatic carbocycles. The standard InChI is InChI=1S/2C30H35Cl2N3O4.2C5H14NO.H2O/c2*1-29(2,3)22-8-12-30(13-9-22)34-26(21-16-23(31)18-24(32)17-21)28(39)35(30)15-11-19-4-6-20(7-5-19)27(38)33-14-10-25(36)37;2*1-6(2,3)4-5-7;/h2*4-7,16-18,22H,8-15H2,1-3H3,(H,33,38)(H,36,37);2*7H,4-5H2,1-3H3;1H2/q;;2*+1;/p-1. The Balaban J connectivity index is 0.000000325. The molecule has 7 N–H and O–H groups in total. The number of hydrogen-bond donors (Lipinski definition) is 6. The summed E-state index contributed by atoms with van der Waals surface area (Å²) in [6.07, 6.45) is 8.13. The molecule has 0 radical (unpaired) electrons. The molecule has 0 aromatic heterocycles. The number of aliphatic carboxylic acids is 2. The molecule has 0 saturated heterocycles. The van der Waals surface area contributed by atoms with Crippen LogP contribution in [0.15, 0.2) is 94.9 Å². The molecule has 4 aliphatic rings. The Labute approximate surface area is 570 Å². The van der Waals surface area contributed by atoms with Crippen molar-refractivity contribution >= 4 is 93.4 Å². The normalized spacial score (nSPS) is 19.6. The molecule has 0 unspecified atom stereocenters. The average Bonchev–Trinajstić information content (AvgIpc) is 1.62. The van der Waals surface area contributed by atoms with Gasteiger partial charge in [-0.05, 0) is 159 Å². The van der Waals surface area contributed by atoms with Gasteiger partial charge in [0.25, 0.3) is 23.6 Å². The first-order valence-corrected chi connectivity index (χ1v) is 33.2. The van der Waals surface area contributed by atoms with Gasteiger partial charge in [0.1, 0.15) is 35.8 Å². The molecule has 4 aromatic carbocycles. The number of nitrogens with zero attached hydrogens (tertiary/aromatic N) is 6. The van der Waals surface area contributed by atoms with Gasteiger partial charge in [0.05, 0.1) is 68.3 Å². The number of aliphatic hydroxyl groups is 2. The van der Waals surface area contributed by atoms with Crippen LogP contribution >= 0.6 is 46.4 Å². The lowest BCUT2D eigenvalue weighted by molar-refractivity contribution is -0.870. The number of carbonyl (C=O) groups is 6. The summed E-state index contributed by atoms with van der Waals surface area (Å²) in [6.45, 7) is 17.0. The molecule has 2 spiro atoms. The van der Waals surface area contributed by atoms with Gasteiger partial charge in [-0.1, -0.05) is 112 Å². The van der Waals surface area contributed by atoms with Gasteiger partial charge >= 0.3 is 11.9 Å². The Kier molecular flexibility index (Phi) is 29.6. The van der Waals surface area contributed by atoms with E-state index in [0.717, 1.165) is 84.5 Å². The summed E-state index contributed by atoms with van der Waals surface area (Å²) in [5, 5.41) is 41.3. The van der Waals surface area contributed by atoms with Crippen LogP contribution in [-0.2, 0) is 32.0 Å². The number of nitrogens with one attached hydrogen (secondary N) is 2. The van der Waals surface area contributed by atoms with Crippen molar-refractivity contribution in [1.29, 1.82) is 0 Å². The van der Waals surface area contributed by atoms with Crippen LogP contribution in [0.1, 0.15) is 149 Å².